The van der Waals surface area contributed by atoms with Crippen LogP contribution in [0.2, 0.25) is 0 Å². The van der Waals surface area contributed by atoms with E-state index in [4.69, 9.17) is 0 Å². The zero-order chi connectivity index (χ0) is 15.2. The molecule has 0 aromatic heterocycles. The van der Waals surface area contributed by atoms with Crippen LogP contribution >= 0.6 is 0 Å². The summed E-state index contributed by atoms with van der Waals surface area (Å²) in [6, 6.07) is 0.0404. The highest BCUT2D eigenvalue weighted by molar-refractivity contribution is 5.85. The molecule has 21 heavy (non-hydrogen) atoms. The Bertz CT molecular complexity index is 396. The predicted octanol–water partition coefficient (Wildman–Crippen LogP) is 3.54. The zero-order valence-electron chi connectivity index (χ0n) is 14.2. The van der Waals surface area contributed by atoms with Crippen molar-refractivity contribution in [3.05, 3.63) is 0 Å². The van der Waals surface area contributed by atoms with E-state index in [1.54, 1.807) is 0 Å². The summed E-state index contributed by atoms with van der Waals surface area (Å²) in [7, 11) is 0. The van der Waals surface area contributed by atoms with Crippen LogP contribution in [-0.2, 0) is 4.79 Å². The lowest BCUT2D eigenvalue weighted by atomic mass is 9.92. The van der Waals surface area contributed by atoms with Crippen molar-refractivity contribution in [3.63, 3.8) is 0 Å². The van der Waals surface area contributed by atoms with Crippen LogP contribution < -0.4 is 5.32 Å². The molecule has 120 valence electrons. The van der Waals surface area contributed by atoms with Crippen molar-refractivity contribution in [1.82, 2.24) is 10.2 Å². The molecule has 1 heterocycles. The molecule has 3 nitrogen and oxygen atoms in total. The van der Waals surface area contributed by atoms with Gasteiger partial charge in [-0.2, -0.15) is 0 Å². The van der Waals surface area contributed by atoms with E-state index in [0.29, 0.717) is 23.7 Å². The molecule has 2 saturated carbocycles. The van der Waals surface area contributed by atoms with E-state index in [0.717, 1.165) is 6.42 Å². The highest BCUT2D eigenvalue weighted by Crippen LogP contribution is 2.47. The normalized spacial score (nSPS) is 33.0. The second-order valence-corrected chi connectivity index (χ2v) is 8.16. The van der Waals surface area contributed by atoms with Gasteiger partial charge in [0.2, 0.25) is 5.91 Å². The lowest BCUT2D eigenvalue weighted by molar-refractivity contribution is -0.137. The van der Waals surface area contributed by atoms with Crippen LogP contribution in [0, 0.1) is 17.8 Å². The summed E-state index contributed by atoms with van der Waals surface area (Å²) in [5.41, 5.74) is 0.0273. The predicted molar refractivity (Wildman–Crippen MR) is 85.8 cm³/mol. The van der Waals surface area contributed by atoms with Gasteiger partial charge in [0.15, 0.2) is 0 Å². The average molecular weight is 292 g/mol. The van der Waals surface area contributed by atoms with Gasteiger partial charge in [-0.3, -0.25) is 10.1 Å². The fourth-order valence-electron chi connectivity index (χ4n) is 4.51. The summed E-state index contributed by atoms with van der Waals surface area (Å²) < 4.78 is 0. The third kappa shape index (κ3) is 2.62. The monoisotopic (exact) mass is 292 g/mol. The summed E-state index contributed by atoms with van der Waals surface area (Å²) >= 11 is 0. The molecule has 0 bridgehead atoms. The van der Waals surface area contributed by atoms with E-state index >= 15 is 0 Å². The Morgan fingerprint density at radius 2 is 1.86 bits per heavy atom. The first-order valence-electron chi connectivity index (χ1n) is 9.06. The molecule has 3 fully saturated rings. The summed E-state index contributed by atoms with van der Waals surface area (Å²) in [4.78, 5) is 15.4. The Labute approximate surface area is 129 Å². The van der Waals surface area contributed by atoms with Crippen LogP contribution in [-0.4, -0.2) is 28.6 Å². The third-order valence-corrected chi connectivity index (χ3v) is 6.39. The number of carbonyl (C=O) groups excluding carboxylic acids is 1. The topological polar surface area (TPSA) is 32.3 Å². The Kier molecular flexibility index (Phi) is 4.06. The third-order valence-electron chi connectivity index (χ3n) is 6.39. The minimum Gasteiger partial charge on any atom is -0.320 e. The minimum absolute atomic E-state index is 0.0273. The fraction of sp³-hybridized carbons (Fsp3) is 0.944. The molecule has 2 aliphatic carbocycles. The van der Waals surface area contributed by atoms with Gasteiger partial charge < -0.3 is 4.90 Å². The number of nitrogens with one attached hydrogen (secondary N) is 1. The van der Waals surface area contributed by atoms with Crippen molar-refractivity contribution in [2.24, 2.45) is 17.8 Å². The highest BCUT2D eigenvalue weighted by atomic mass is 16.2. The lowest BCUT2D eigenvalue weighted by Gasteiger charge is -2.42. The van der Waals surface area contributed by atoms with Crippen LogP contribution in [0.5, 0.6) is 0 Å². The van der Waals surface area contributed by atoms with E-state index < -0.39 is 0 Å². The maximum atomic E-state index is 13.1. The van der Waals surface area contributed by atoms with E-state index in [9.17, 15) is 4.79 Å². The van der Waals surface area contributed by atoms with Crippen molar-refractivity contribution in [1.29, 1.82) is 0 Å². The molecule has 3 rings (SSSR count). The number of carbonyl (C=O) groups is 1. The maximum Gasteiger partial charge on any atom is 0.241 e. The smallest absolute Gasteiger partial charge is 0.241 e. The van der Waals surface area contributed by atoms with Crippen molar-refractivity contribution in [2.75, 3.05) is 0 Å². The molecular weight excluding hydrogens is 260 g/mol. The SMILES string of the molecule is CCC(C)C1NC(C2CCCC2)N(C(C)(C)C2CC2)C1=O. The van der Waals surface area contributed by atoms with Gasteiger partial charge in [-0.15, -0.1) is 0 Å². The van der Waals surface area contributed by atoms with E-state index in [1.807, 2.05) is 0 Å². The van der Waals surface area contributed by atoms with Gasteiger partial charge >= 0.3 is 0 Å². The van der Waals surface area contributed by atoms with E-state index in [1.165, 1.54) is 38.5 Å². The highest BCUT2D eigenvalue weighted by Gasteiger charge is 2.54. The molecule has 1 saturated heterocycles. The van der Waals surface area contributed by atoms with E-state index in [2.05, 4.69) is 37.9 Å². The van der Waals surface area contributed by atoms with Gasteiger partial charge in [-0.1, -0.05) is 33.1 Å². The van der Waals surface area contributed by atoms with Crippen molar-refractivity contribution in [2.45, 2.75) is 90.4 Å². The maximum absolute atomic E-state index is 13.1. The molecule has 0 aromatic rings. The summed E-state index contributed by atoms with van der Waals surface area (Å²) in [6.07, 6.45) is 9.19. The average Bonchev–Trinajstić information content (AvgIpc) is 3.07. The van der Waals surface area contributed by atoms with Crippen LogP contribution in [0.25, 0.3) is 0 Å². The van der Waals surface area contributed by atoms with Crippen LogP contribution in [0.3, 0.4) is 0 Å². The number of hydrogen-bond acceptors (Lipinski definition) is 2. The first-order valence-corrected chi connectivity index (χ1v) is 9.06. The molecule has 0 radical (unpaired) electrons. The Morgan fingerprint density at radius 1 is 1.24 bits per heavy atom. The molecule has 3 unspecified atom stereocenters. The second kappa shape index (κ2) is 5.57. The van der Waals surface area contributed by atoms with Crippen LogP contribution in [0.4, 0.5) is 0 Å². The van der Waals surface area contributed by atoms with Gasteiger partial charge in [-0.05, 0) is 57.3 Å². The molecule has 3 aliphatic rings. The van der Waals surface area contributed by atoms with Crippen LogP contribution in [0.1, 0.15) is 72.6 Å². The van der Waals surface area contributed by atoms with Crippen molar-refractivity contribution < 1.29 is 4.79 Å². The number of rotatable bonds is 5. The summed E-state index contributed by atoms with van der Waals surface area (Å²) in [6.45, 7) is 9.00. The van der Waals surface area contributed by atoms with Gasteiger partial charge in [0.1, 0.15) is 0 Å². The lowest BCUT2D eigenvalue weighted by Crippen LogP contribution is -2.54. The molecule has 1 aliphatic heterocycles. The molecular formula is C18H32N2O. The molecule has 1 N–H and O–H groups in total. The second-order valence-electron chi connectivity index (χ2n) is 8.16. The van der Waals surface area contributed by atoms with E-state index in [-0.39, 0.29) is 17.7 Å². The number of nitrogens with zero attached hydrogens (tertiary/aromatic N) is 1. The standard InChI is InChI=1S/C18H32N2O/c1-5-12(2)15-17(21)20(18(3,4)14-10-11-14)16(19-15)13-8-6-7-9-13/h12-16,19H,5-11H2,1-4H3. The van der Waals surface area contributed by atoms with Gasteiger partial charge in [-0.25, -0.2) is 0 Å². The molecule has 1 amide bonds. The molecule has 3 heteroatoms. The van der Waals surface area contributed by atoms with Gasteiger partial charge in [0.05, 0.1) is 12.2 Å². The largest absolute Gasteiger partial charge is 0.320 e. The summed E-state index contributed by atoms with van der Waals surface area (Å²) in [5, 5.41) is 3.75. The first kappa shape index (κ1) is 15.3. The Balaban J connectivity index is 1.86. The zero-order valence-corrected chi connectivity index (χ0v) is 14.2. The van der Waals surface area contributed by atoms with Crippen molar-refractivity contribution in [3.8, 4) is 0 Å². The number of hydrogen-bond donors (Lipinski definition) is 1. The first-order chi connectivity index (χ1) is 9.96. The quantitative estimate of drug-likeness (QED) is 0.840. The fourth-order valence-corrected chi connectivity index (χ4v) is 4.51. The number of amides is 1. The Morgan fingerprint density at radius 3 is 2.38 bits per heavy atom. The molecule has 0 spiro atoms. The molecule has 3 atom stereocenters. The van der Waals surface area contributed by atoms with Gasteiger partial charge in [0, 0.05) is 5.54 Å². The van der Waals surface area contributed by atoms with Crippen molar-refractivity contribution >= 4 is 5.91 Å². The molecule has 0 aromatic carbocycles. The Hall–Kier alpha value is -0.570. The minimum atomic E-state index is 0.0273. The summed E-state index contributed by atoms with van der Waals surface area (Å²) in [5.74, 6) is 2.18. The van der Waals surface area contributed by atoms with Crippen LogP contribution in [0.15, 0.2) is 0 Å². The van der Waals surface area contributed by atoms with Gasteiger partial charge in [0.25, 0.3) is 0 Å².